The first-order chi connectivity index (χ1) is 17.7. The third-order valence-corrected chi connectivity index (χ3v) is 8.47. The summed E-state index contributed by atoms with van der Waals surface area (Å²) >= 11 is 6.12. The van der Waals surface area contributed by atoms with Gasteiger partial charge in [-0.3, -0.25) is 4.79 Å². The number of ether oxygens (including phenoxy) is 2. The molecule has 8 nitrogen and oxygen atoms in total. The van der Waals surface area contributed by atoms with E-state index in [-0.39, 0.29) is 36.9 Å². The normalized spacial score (nSPS) is 16.6. The summed E-state index contributed by atoms with van der Waals surface area (Å²) in [5.74, 6) is -0.211. The third-order valence-electron chi connectivity index (χ3n) is 6.28. The Morgan fingerprint density at radius 1 is 1.14 bits per heavy atom. The van der Waals surface area contributed by atoms with Crippen LogP contribution in [0.25, 0.3) is 22.0 Å². The van der Waals surface area contributed by atoms with Gasteiger partial charge in [0.2, 0.25) is 10.0 Å². The van der Waals surface area contributed by atoms with Gasteiger partial charge >= 0.3 is 0 Å². The largest absolute Gasteiger partial charge is 0.491 e. The van der Waals surface area contributed by atoms with Crippen LogP contribution in [0.2, 0.25) is 5.02 Å². The van der Waals surface area contributed by atoms with E-state index in [0.29, 0.717) is 21.7 Å². The van der Waals surface area contributed by atoms with Gasteiger partial charge < -0.3 is 20.2 Å². The van der Waals surface area contributed by atoms with Crippen LogP contribution in [0.5, 0.6) is 5.75 Å². The Labute approximate surface area is 220 Å². The van der Waals surface area contributed by atoms with Crippen LogP contribution >= 0.6 is 11.6 Å². The van der Waals surface area contributed by atoms with Crippen molar-refractivity contribution in [1.29, 1.82) is 0 Å². The number of sulfonamides is 1. The molecule has 1 atom stereocenters. The molecule has 1 aliphatic rings. The van der Waals surface area contributed by atoms with Crippen molar-refractivity contribution in [2.75, 3.05) is 26.3 Å². The molecule has 1 saturated heterocycles. The summed E-state index contributed by atoms with van der Waals surface area (Å²) in [6, 6.07) is 20.6. The fourth-order valence-electron chi connectivity index (χ4n) is 4.50. The Bertz CT molecular complexity index is 1580. The van der Waals surface area contributed by atoms with Gasteiger partial charge in [0, 0.05) is 29.0 Å². The predicted octanol–water partition coefficient (Wildman–Crippen LogP) is 4.36. The molecule has 0 bridgehead atoms. The van der Waals surface area contributed by atoms with Gasteiger partial charge in [-0.2, -0.15) is 4.31 Å². The number of H-pyrrole nitrogens is 1. The lowest BCUT2D eigenvalue weighted by atomic mass is 10.0. The van der Waals surface area contributed by atoms with Crippen molar-refractivity contribution in [3.05, 3.63) is 83.0 Å². The lowest BCUT2D eigenvalue weighted by Gasteiger charge is -2.32. The van der Waals surface area contributed by atoms with E-state index in [1.807, 2.05) is 49.4 Å². The van der Waals surface area contributed by atoms with Gasteiger partial charge in [-0.15, -0.1) is 0 Å². The minimum Gasteiger partial charge on any atom is -0.491 e. The van der Waals surface area contributed by atoms with Crippen LogP contribution in [0.3, 0.4) is 0 Å². The minimum atomic E-state index is -4.09. The number of amides is 1. The zero-order chi connectivity index (χ0) is 26.2. The highest BCUT2D eigenvalue weighted by atomic mass is 35.5. The van der Waals surface area contributed by atoms with Gasteiger partial charge in [0.1, 0.15) is 29.0 Å². The summed E-state index contributed by atoms with van der Waals surface area (Å²) < 4.78 is 40.5. The number of morpholine rings is 1. The number of aromatic amines is 1. The number of primary amides is 1. The number of carbonyl (C=O) groups is 1. The highest BCUT2D eigenvalue weighted by Crippen LogP contribution is 2.32. The number of nitrogens with zero attached hydrogens (tertiary/aromatic N) is 1. The van der Waals surface area contributed by atoms with Gasteiger partial charge in [-0.1, -0.05) is 53.6 Å². The number of rotatable bonds is 7. The molecule has 0 aliphatic carbocycles. The fourth-order valence-corrected chi connectivity index (χ4v) is 6.46. The maximum absolute atomic E-state index is 13.7. The van der Waals surface area contributed by atoms with E-state index in [1.54, 1.807) is 12.1 Å². The second kappa shape index (κ2) is 10.2. The van der Waals surface area contributed by atoms with Crippen molar-refractivity contribution < 1.29 is 22.7 Å². The van der Waals surface area contributed by atoms with E-state index in [1.165, 1.54) is 10.4 Å². The summed E-state index contributed by atoms with van der Waals surface area (Å²) in [7, 11) is -4.09. The van der Waals surface area contributed by atoms with Crippen molar-refractivity contribution in [1.82, 2.24) is 9.29 Å². The van der Waals surface area contributed by atoms with E-state index in [2.05, 4.69) is 11.1 Å². The Morgan fingerprint density at radius 2 is 1.89 bits per heavy atom. The van der Waals surface area contributed by atoms with Crippen LogP contribution in [-0.4, -0.2) is 56.0 Å². The number of nitrogens with two attached hydrogens (primary N) is 1. The topological polar surface area (TPSA) is 115 Å². The number of fused-ring (bicyclic) bond motifs is 1. The van der Waals surface area contributed by atoms with E-state index in [0.717, 1.165) is 16.7 Å². The fraction of sp³-hybridized carbons (Fsp3) is 0.222. The van der Waals surface area contributed by atoms with Crippen molar-refractivity contribution in [3.8, 4) is 16.9 Å². The Morgan fingerprint density at radius 3 is 2.65 bits per heavy atom. The molecular formula is C27H26ClN3O5S. The van der Waals surface area contributed by atoms with Gasteiger partial charge in [0.15, 0.2) is 0 Å². The first-order valence-electron chi connectivity index (χ1n) is 11.7. The number of hydrogen-bond donors (Lipinski definition) is 2. The van der Waals surface area contributed by atoms with Crippen LogP contribution in [0.1, 0.15) is 16.1 Å². The molecule has 0 saturated carbocycles. The number of benzene rings is 3. The lowest BCUT2D eigenvalue weighted by Crippen LogP contribution is -2.47. The van der Waals surface area contributed by atoms with Crippen molar-refractivity contribution in [2.45, 2.75) is 17.9 Å². The molecule has 2 heterocycles. The van der Waals surface area contributed by atoms with E-state index < -0.39 is 22.0 Å². The summed E-state index contributed by atoms with van der Waals surface area (Å²) in [5, 5.41) is 0.661. The number of halogens is 1. The predicted molar refractivity (Wildman–Crippen MR) is 142 cm³/mol. The van der Waals surface area contributed by atoms with Gasteiger partial charge in [-0.25, -0.2) is 8.42 Å². The highest BCUT2D eigenvalue weighted by molar-refractivity contribution is 7.89. The molecule has 1 fully saturated rings. The summed E-state index contributed by atoms with van der Waals surface area (Å²) in [5.41, 5.74) is 9.06. The molecular weight excluding hydrogens is 514 g/mol. The SMILES string of the molecule is Cc1cccc(-c2cccc(OCC3CN(S(=O)(=O)c4c(C(N)=O)[nH]c5ccc(Cl)cc45)CCO3)c2)c1. The maximum Gasteiger partial charge on any atom is 0.266 e. The smallest absolute Gasteiger partial charge is 0.266 e. The Balaban J connectivity index is 1.35. The zero-order valence-corrected chi connectivity index (χ0v) is 21.7. The molecule has 3 aromatic carbocycles. The minimum absolute atomic E-state index is 0.0609. The number of aromatic nitrogens is 1. The molecule has 1 amide bonds. The monoisotopic (exact) mass is 539 g/mol. The molecule has 0 spiro atoms. The van der Waals surface area contributed by atoms with Gasteiger partial charge in [0.05, 0.1) is 6.61 Å². The Hall–Kier alpha value is -3.37. The van der Waals surface area contributed by atoms with Crippen molar-refractivity contribution >= 4 is 38.4 Å². The molecule has 5 rings (SSSR count). The second-order valence-corrected chi connectivity index (χ2v) is 11.3. The highest BCUT2D eigenvalue weighted by Gasteiger charge is 2.36. The number of hydrogen-bond acceptors (Lipinski definition) is 5. The van der Waals surface area contributed by atoms with Gasteiger partial charge in [0.25, 0.3) is 5.91 Å². The Kier molecular flexibility index (Phi) is 6.96. The first-order valence-corrected chi connectivity index (χ1v) is 13.6. The maximum atomic E-state index is 13.7. The third kappa shape index (κ3) is 5.21. The first kappa shape index (κ1) is 25.3. The number of aryl methyl sites for hydroxylation is 1. The second-order valence-electron chi connectivity index (χ2n) is 8.95. The standard InChI is InChI=1S/C27H26ClN3O5S/c1-17-4-2-5-18(12-17)19-6-3-7-21(13-19)36-16-22-15-31(10-11-35-22)37(33,34)26-23-14-20(28)8-9-24(23)30-25(26)27(29)32/h2-9,12-14,22,30H,10-11,15-16H2,1H3,(H2,29,32). The van der Waals surface area contributed by atoms with Crippen molar-refractivity contribution in [3.63, 3.8) is 0 Å². The average molecular weight is 540 g/mol. The average Bonchev–Trinajstić information content (AvgIpc) is 3.28. The lowest BCUT2D eigenvalue weighted by molar-refractivity contribution is -0.0249. The van der Waals surface area contributed by atoms with E-state index in [9.17, 15) is 13.2 Å². The quantitative estimate of drug-likeness (QED) is 0.362. The summed E-state index contributed by atoms with van der Waals surface area (Å²) in [4.78, 5) is 14.8. The van der Waals surface area contributed by atoms with Crippen LogP contribution < -0.4 is 10.5 Å². The van der Waals surface area contributed by atoms with Crippen LogP contribution in [0.15, 0.2) is 71.6 Å². The van der Waals surface area contributed by atoms with Gasteiger partial charge in [-0.05, 0) is 48.4 Å². The summed E-state index contributed by atoms with van der Waals surface area (Å²) in [6.45, 7) is 2.58. The van der Waals surface area contributed by atoms with E-state index >= 15 is 0 Å². The molecule has 1 aromatic heterocycles. The molecule has 1 unspecified atom stereocenters. The van der Waals surface area contributed by atoms with E-state index in [4.69, 9.17) is 26.8 Å². The summed E-state index contributed by atoms with van der Waals surface area (Å²) in [6.07, 6.45) is -0.503. The molecule has 192 valence electrons. The zero-order valence-electron chi connectivity index (χ0n) is 20.1. The van der Waals surface area contributed by atoms with Crippen molar-refractivity contribution in [2.24, 2.45) is 5.73 Å². The molecule has 0 radical (unpaired) electrons. The van der Waals surface area contributed by atoms with Crippen LogP contribution in [0.4, 0.5) is 0 Å². The number of nitrogens with one attached hydrogen (secondary N) is 1. The van der Waals surface area contributed by atoms with Crippen LogP contribution in [-0.2, 0) is 14.8 Å². The van der Waals surface area contributed by atoms with Crippen LogP contribution in [0, 0.1) is 6.92 Å². The molecule has 4 aromatic rings. The molecule has 10 heteroatoms. The molecule has 3 N–H and O–H groups in total. The number of carbonyl (C=O) groups excluding carboxylic acids is 1. The molecule has 1 aliphatic heterocycles. The molecule has 37 heavy (non-hydrogen) atoms.